The molecule has 4 aromatic rings. The molecule has 7 nitrogen and oxygen atoms in total. The van der Waals surface area contributed by atoms with Crippen molar-refractivity contribution in [3.8, 4) is 0 Å². The first-order chi connectivity index (χ1) is 15.4. The van der Waals surface area contributed by atoms with Crippen LogP contribution in [-0.4, -0.2) is 20.9 Å². The third-order valence-electron chi connectivity index (χ3n) is 4.51. The number of benzene rings is 2. The highest BCUT2D eigenvalue weighted by atomic mass is 127. The van der Waals surface area contributed by atoms with E-state index in [1.807, 2.05) is 74.5 Å². The van der Waals surface area contributed by atoms with Crippen molar-refractivity contribution in [2.24, 2.45) is 0 Å². The van der Waals surface area contributed by atoms with E-state index >= 15 is 0 Å². The number of amides is 1. The summed E-state index contributed by atoms with van der Waals surface area (Å²) in [6.45, 7) is 3.85. The van der Waals surface area contributed by atoms with Crippen molar-refractivity contribution in [2.45, 2.75) is 13.8 Å². The SMILES string of the molecule is Cc1ccnc(Nc2cc(Nc3ccc(NC(=O)c4cccc(I)c4)cc3)nc(C)n2)c1. The van der Waals surface area contributed by atoms with Crippen molar-refractivity contribution in [3.63, 3.8) is 0 Å². The van der Waals surface area contributed by atoms with Crippen LogP contribution in [0.25, 0.3) is 0 Å². The third-order valence-corrected chi connectivity index (χ3v) is 5.18. The second-order valence-corrected chi connectivity index (χ2v) is 8.44. The predicted molar refractivity (Wildman–Crippen MR) is 136 cm³/mol. The first kappa shape index (κ1) is 21.7. The second kappa shape index (κ2) is 9.73. The molecule has 160 valence electrons. The van der Waals surface area contributed by atoms with Gasteiger partial charge in [-0.15, -0.1) is 0 Å². The molecule has 0 saturated carbocycles. The molecule has 2 aromatic heterocycles. The van der Waals surface area contributed by atoms with Gasteiger partial charge >= 0.3 is 0 Å². The molecule has 0 spiro atoms. The van der Waals surface area contributed by atoms with Crippen molar-refractivity contribution in [1.29, 1.82) is 0 Å². The number of anilines is 5. The van der Waals surface area contributed by atoms with Crippen molar-refractivity contribution in [2.75, 3.05) is 16.0 Å². The maximum Gasteiger partial charge on any atom is 0.255 e. The van der Waals surface area contributed by atoms with E-state index in [4.69, 9.17) is 0 Å². The molecule has 0 aliphatic heterocycles. The molecule has 0 aliphatic rings. The van der Waals surface area contributed by atoms with Gasteiger partial charge in [-0.1, -0.05) is 6.07 Å². The molecule has 2 aromatic carbocycles. The minimum absolute atomic E-state index is 0.142. The molecule has 0 fully saturated rings. The zero-order valence-electron chi connectivity index (χ0n) is 17.6. The van der Waals surface area contributed by atoms with Gasteiger partial charge in [0.15, 0.2) is 0 Å². The van der Waals surface area contributed by atoms with Gasteiger partial charge < -0.3 is 16.0 Å². The van der Waals surface area contributed by atoms with E-state index in [9.17, 15) is 4.79 Å². The van der Waals surface area contributed by atoms with Gasteiger partial charge in [0.2, 0.25) is 0 Å². The lowest BCUT2D eigenvalue weighted by atomic mass is 10.2. The molecule has 0 aliphatic carbocycles. The summed E-state index contributed by atoms with van der Waals surface area (Å²) in [4.78, 5) is 25.6. The molecular weight excluding hydrogens is 515 g/mol. The van der Waals surface area contributed by atoms with Gasteiger partial charge in [-0.2, -0.15) is 0 Å². The van der Waals surface area contributed by atoms with Crippen LogP contribution in [0.4, 0.5) is 28.8 Å². The number of rotatable bonds is 6. The zero-order chi connectivity index (χ0) is 22.5. The van der Waals surface area contributed by atoms with Crippen LogP contribution in [0.3, 0.4) is 0 Å². The van der Waals surface area contributed by atoms with Crippen LogP contribution in [0.2, 0.25) is 0 Å². The summed E-state index contributed by atoms with van der Waals surface area (Å²) in [6.07, 6.45) is 1.75. The number of carbonyl (C=O) groups is 1. The maximum absolute atomic E-state index is 12.4. The van der Waals surface area contributed by atoms with Crippen LogP contribution in [0.1, 0.15) is 21.7 Å². The number of carbonyl (C=O) groups excluding carboxylic acids is 1. The fourth-order valence-corrected chi connectivity index (χ4v) is 3.59. The van der Waals surface area contributed by atoms with Gasteiger partial charge in [-0.25, -0.2) is 15.0 Å². The van der Waals surface area contributed by atoms with Crippen molar-refractivity contribution >= 4 is 57.3 Å². The summed E-state index contributed by atoms with van der Waals surface area (Å²) in [7, 11) is 0. The fraction of sp³-hybridized carbons (Fsp3) is 0.0833. The van der Waals surface area contributed by atoms with Crippen LogP contribution in [0.5, 0.6) is 0 Å². The number of nitrogens with one attached hydrogen (secondary N) is 3. The Balaban J connectivity index is 1.44. The Morgan fingerprint density at radius 3 is 2.25 bits per heavy atom. The highest BCUT2D eigenvalue weighted by molar-refractivity contribution is 14.1. The smallest absolute Gasteiger partial charge is 0.255 e. The monoisotopic (exact) mass is 536 g/mol. The van der Waals surface area contributed by atoms with Crippen LogP contribution >= 0.6 is 22.6 Å². The average Bonchev–Trinajstić information content (AvgIpc) is 2.75. The van der Waals surface area contributed by atoms with Crippen LogP contribution in [-0.2, 0) is 0 Å². The third kappa shape index (κ3) is 5.79. The molecule has 0 atom stereocenters. The molecule has 8 heteroatoms. The lowest BCUT2D eigenvalue weighted by molar-refractivity contribution is 0.102. The van der Waals surface area contributed by atoms with E-state index in [-0.39, 0.29) is 5.91 Å². The number of hydrogen-bond acceptors (Lipinski definition) is 6. The van der Waals surface area contributed by atoms with E-state index in [2.05, 4.69) is 53.5 Å². The van der Waals surface area contributed by atoms with E-state index in [1.54, 1.807) is 12.3 Å². The Bertz CT molecular complexity index is 1260. The van der Waals surface area contributed by atoms with E-state index < -0.39 is 0 Å². The van der Waals surface area contributed by atoms with Crippen molar-refractivity contribution < 1.29 is 4.79 Å². The number of nitrogens with zero attached hydrogens (tertiary/aromatic N) is 3. The van der Waals surface area contributed by atoms with Gasteiger partial charge in [0, 0.05) is 32.8 Å². The van der Waals surface area contributed by atoms with E-state index in [1.165, 1.54) is 0 Å². The molecule has 4 rings (SSSR count). The van der Waals surface area contributed by atoms with Crippen LogP contribution in [0.15, 0.2) is 72.9 Å². The summed E-state index contributed by atoms with van der Waals surface area (Å²) < 4.78 is 1.02. The first-order valence-corrected chi connectivity index (χ1v) is 11.0. The molecular formula is C24H21IN6O. The number of hydrogen-bond donors (Lipinski definition) is 3. The largest absolute Gasteiger partial charge is 0.340 e. The molecule has 32 heavy (non-hydrogen) atoms. The summed E-state index contributed by atoms with van der Waals surface area (Å²) in [5.74, 6) is 2.52. The Kier molecular flexibility index (Phi) is 6.60. The topological polar surface area (TPSA) is 91.8 Å². The van der Waals surface area contributed by atoms with Gasteiger partial charge in [0.1, 0.15) is 23.3 Å². The molecule has 0 bridgehead atoms. The normalized spacial score (nSPS) is 10.5. The molecule has 1 amide bonds. The van der Waals surface area contributed by atoms with Gasteiger partial charge in [0.05, 0.1) is 0 Å². The Hall–Kier alpha value is -3.53. The number of aromatic nitrogens is 3. The molecule has 0 saturated heterocycles. The summed E-state index contributed by atoms with van der Waals surface area (Å²) in [6, 6.07) is 20.6. The highest BCUT2D eigenvalue weighted by Gasteiger charge is 2.07. The van der Waals surface area contributed by atoms with Crippen molar-refractivity contribution in [3.05, 3.63) is 93.4 Å². The quantitative estimate of drug-likeness (QED) is 0.269. The predicted octanol–water partition coefficient (Wildman–Crippen LogP) is 5.83. The Morgan fingerprint density at radius 1 is 0.812 bits per heavy atom. The highest BCUT2D eigenvalue weighted by Crippen LogP contribution is 2.22. The van der Waals surface area contributed by atoms with Crippen molar-refractivity contribution in [1.82, 2.24) is 15.0 Å². The Labute approximate surface area is 199 Å². The first-order valence-electron chi connectivity index (χ1n) is 9.94. The van der Waals surface area contributed by atoms with Crippen LogP contribution < -0.4 is 16.0 Å². The number of aryl methyl sites for hydroxylation is 2. The average molecular weight is 536 g/mol. The molecule has 0 unspecified atom stereocenters. The second-order valence-electron chi connectivity index (χ2n) is 7.20. The van der Waals surface area contributed by atoms with Gasteiger partial charge in [0.25, 0.3) is 5.91 Å². The molecule has 0 radical (unpaired) electrons. The minimum Gasteiger partial charge on any atom is -0.340 e. The lowest BCUT2D eigenvalue weighted by Gasteiger charge is -2.11. The van der Waals surface area contributed by atoms with Gasteiger partial charge in [-0.3, -0.25) is 4.79 Å². The zero-order valence-corrected chi connectivity index (χ0v) is 19.7. The van der Waals surface area contributed by atoms with E-state index in [0.717, 1.165) is 20.6 Å². The lowest BCUT2D eigenvalue weighted by Crippen LogP contribution is -2.11. The minimum atomic E-state index is -0.142. The number of pyridine rings is 1. The summed E-state index contributed by atoms with van der Waals surface area (Å²) >= 11 is 2.19. The van der Waals surface area contributed by atoms with E-state index in [0.29, 0.717) is 28.7 Å². The number of halogens is 1. The fourth-order valence-electron chi connectivity index (χ4n) is 3.05. The Morgan fingerprint density at radius 2 is 1.53 bits per heavy atom. The summed E-state index contributed by atoms with van der Waals surface area (Å²) in [5.41, 5.74) is 3.29. The van der Waals surface area contributed by atoms with Crippen LogP contribution in [0, 0.1) is 17.4 Å². The van der Waals surface area contributed by atoms with Gasteiger partial charge in [-0.05, 0) is 96.6 Å². The maximum atomic E-state index is 12.4. The summed E-state index contributed by atoms with van der Waals surface area (Å²) in [5, 5.41) is 9.40. The standard InChI is InChI=1S/C24H21IN6O/c1-15-10-11-26-21(12-15)31-23-14-22(27-16(2)28-23)29-19-6-8-20(9-7-19)30-24(32)17-4-3-5-18(25)13-17/h3-14H,1-2H3,(H,30,32)(H2,26,27,28,29,31). The molecule has 3 N–H and O–H groups in total. The molecule has 2 heterocycles.